The van der Waals surface area contributed by atoms with Gasteiger partial charge in [-0.05, 0) is 48.7 Å². The molecule has 1 fully saturated rings. The smallest absolute Gasteiger partial charge is 0.251 e. The van der Waals surface area contributed by atoms with Gasteiger partial charge >= 0.3 is 0 Å². The van der Waals surface area contributed by atoms with Crippen LogP contribution in [0.4, 0.5) is 5.69 Å². The third-order valence-corrected chi connectivity index (χ3v) is 4.58. The molecule has 1 aliphatic carbocycles. The van der Waals surface area contributed by atoms with E-state index in [2.05, 4.69) is 32.5 Å². The third kappa shape index (κ3) is 3.42. The molecule has 0 spiro atoms. The fraction of sp³-hybridized carbons (Fsp3) is 0.263. The number of benzene rings is 1. The Bertz CT molecular complexity index is 930. The Morgan fingerprint density at radius 2 is 2.00 bits per heavy atom. The Balaban J connectivity index is 1.34. The number of rotatable bonds is 5. The van der Waals surface area contributed by atoms with Crippen LogP contribution in [0.1, 0.15) is 29.5 Å². The Morgan fingerprint density at radius 1 is 1.23 bits per heavy atom. The van der Waals surface area contributed by atoms with Crippen LogP contribution in [0.25, 0.3) is 11.2 Å². The molecule has 2 atom stereocenters. The standard InChI is InChI=1S/C19H19N5O2/c1-11-9-14(11)19(26)22-13-6-4-12(5-7-13)18(25)21-10-16-23-15-3-2-8-20-17(15)24-16/h2-8,11,14H,9-10H2,1H3,(H,21,25)(H,22,26)(H,20,23,24)/t11-,14-/m0/s1. The summed E-state index contributed by atoms with van der Waals surface area (Å²) in [7, 11) is 0. The number of aromatic amines is 1. The molecule has 2 aromatic heterocycles. The van der Waals surface area contributed by atoms with Crippen LogP contribution in [-0.4, -0.2) is 26.8 Å². The van der Waals surface area contributed by atoms with Crippen molar-refractivity contribution in [3.8, 4) is 0 Å². The molecular weight excluding hydrogens is 330 g/mol. The SMILES string of the molecule is C[C@H]1C[C@@H]1C(=O)Nc1ccc(C(=O)NCc2nc3ncccc3[nH]2)cc1. The van der Waals surface area contributed by atoms with Gasteiger partial charge in [-0.15, -0.1) is 0 Å². The molecule has 0 aliphatic heterocycles. The number of hydrogen-bond donors (Lipinski definition) is 3. The highest BCUT2D eigenvalue weighted by Crippen LogP contribution is 2.38. The summed E-state index contributed by atoms with van der Waals surface area (Å²) < 4.78 is 0. The molecule has 3 aromatic rings. The summed E-state index contributed by atoms with van der Waals surface area (Å²) in [5.74, 6) is 1.08. The van der Waals surface area contributed by atoms with Gasteiger partial charge in [0.2, 0.25) is 5.91 Å². The van der Waals surface area contributed by atoms with Gasteiger partial charge < -0.3 is 15.6 Å². The largest absolute Gasteiger partial charge is 0.345 e. The average Bonchev–Trinajstić information content (AvgIpc) is 3.24. The van der Waals surface area contributed by atoms with E-state index in [1.54, 1.807) is 30.5 Å². The van der Waals surface area contributed by atoms with Crippen LogP contribution >= 0.6 is 0 Å². The van der Waals surface area contributed by atoms with E-state index in [9.17, 15) is 9.59 Å². The van der Waals surface area contributed by atoms with E-state index in [0.717, 1.165) is 11.9 Å². The zero-order valence-corrected chi connectivity index (χ0v) is 14.3. The monoisotopic (exact) mass is 349 g/mol. The summed E-state index contributed by atoms with van der Waals surface area (Å²) in [5, 5.41) is 5.70. The van der Waals surface area contributed by atoms with Crippen LogP contribution < -0.4 is 10.6 Å². The van der Waals surface area contributed by atoms with Gasteiger partial charge in [-0.25, -0.2) is 9.97 Å². The third-order valence-electron chi connectivity index (χ3n) is 4.58. The summed E-state index contributed by atoms with van der Waals surface area (Å²) in [5.41, 5.74) is 2.69. The number of nitrogens with zero attached hydrogens (tertiary/aromatic N) is 2. The van der Waals surface area contributed by atoms with Crippen molar-refractivity contribution >= 4 is 28.7 Å². The number of carbonyl (C=O) groups excluding carboxylic acids is 2. The lowest BCUT2D eigenvalue weighted by Gasteiger charge is -2.07. The van der Waals surface area contributed by atoms with Gasteiger partial charge in [0.1, 0.15) is 5.82 Å². The Labute approximate surface area is 150 Å². The minimum absolute atomic E-state index is 0.0493. The molecule has 26 heavy (non-hydrogen) atoms. The van der Waals surface area contributed by atoms with Gasteiger partial charge in [0.25, 0.3) is 5.91 Å². The molecule has 3 N–H and O–H groups in total. The lowest BCUT2D eigenvalue weighted by molar-refractivity contribution is -0.117. The highest BCUT2D eigenvalue weighted by molar-refractivity contribution is 5.97. The number of imidazole rings is 1. The molecule has 0 saturated heterocycles. The van der Waals surface area contributed by atoms with Gasteiger partial charge in [-0.1, -0.05) is 6.92 Å². The van der Waals surface area contributed by atoms with E-state index in [-0.39, 0.29) is 24.3 Å². The van der Waals surface area contributed by atoms with Crippen molar-refractivity contribution in [3.05, 3.63) is 54.0 Å². The molecule has 0 radical (unpaired) electrons. The maximum atomic E-state index is 12.3. The number of aromatic nitrogens is 3. The second-order valence-corrected chi connectivity index (χ2v) is 6.63. The number of anilines is 1. The van der Waals surface area contributed by atoms with Gasteiger partial charge in [0.05, 0.1) is 12.1 Å². The quantitative estimate of drug-likeness (QED) is 0.659. The van der Waals surface area contributed by atoms with E-state index in [1.807, 2.05) is 12.1 Å². The predicted molar refractivity (Wildman–Crippen MR) is 97.4 cm³/mol. The highest BCUT2D eigenvalue weighted by Gasteiger charge is 2.39. The van der Waals surface area contributed by atoms with Crippen molar-refractivity contribution in [2.75, 3.05) is 5.32 Å². The summed E-state index contributed by atoms with van der Waals surface area (Å²) in [4.78, 5) is 35.8. The Hall–Kier alpha value is -3.22. The number of hydrogen-bond acceptors (Lipinski definition) is 4. The summed E-state index contributed by atoms with van der Waals surface area (Å²) in [6.45, 7) is 2.35. The van der Waals surface area contributed by atoms with E-state index in [1.165, 1.54) is 0 Å². The van der Waals surface area contributed by atoms with Crippen LogP contribution in [0, 0.1) is 11.8 Å². The van der Waals surface area contributed by atoms with Crippen LogP contribution in [0.2, 0.25) is 0 Å². The van der Waals surface area contributed by atoms with E-state index in [0.29, 0.717) is 28.6 Å². The van der Waals surface area contributed by atoms with Crippen molar-refractivity contribution in [3.63, 3.8) is 0 Å². The van der Waals surface area contributed by atoms with Gasteiger partial charge in [-0.2, -0.15) is 0 Å². The Morgan fingerprint density at radius 3 is 2.69 bits per heavy atom. The minimum Gasteiger partial charge on any atom is -0.345 e. The first kappa shape index (κ1) is 16.3. The molecule has 4 rings (SSSR count). The number of amides is 2. The van der Waals surface area contributed by atoms with E-state index in [4.69, 9.17) is 0 Å². The maximum Gasteiger partial charge on any atom is 0.251 e. The molecule has 7 heteroatoms. The number of fused-ring (bicyclic) bond motifs is 1. The molecule has 2 heterocycles. The lowest BCUT2D eigenvalue weighted by Crippen LogP contribution is -2.23. The zero-order chi connectivity index (χ0) is 18.1. The van der Waals surface area contributed by atoms with E-state index < -0.39 is 0 Å². The molecule has 1 saturated carbocycles. The molecule has 2 amide bonds. The van der Waals surface area contributed by atoms with Crippen LogP contribution in [0.5, 0.6) is 0 Å². The van der Waals surface area contributed by atoms with Crippen molar-refractivity contribution < 1.29 is 9.59 Å². The van der Waals surface area contributed by atoms with Gasteiger partial charge in [-0.3, -0.25) is 9.59 Å². The minimum atomic E-state index is -0.202. The van der Waals surface area contributed by atoms with Crippen LogP contribution in [0.15, 0.2) is 42.6 Å². The maximum absolute atomic E-state index is 12.3. The topological polar surface area (TPSA) is 99.8 Å². The zero-order valence-electron chi connectivity index (χ0n) is 14.3. The van der Waals surface area contributed by atoms with Crippen LogP contribution in [0.3, 0.4) is 0 Å². The second kappa shape index (κ2) is 6.59. The van der Waals surface area contributed by atoms with E-state index >= 15 is 0 Å². The molecule has 7 nitrogen and oxygen atoms in total. The molecule has 1 aliphatic rings. The fourth-order valence-corrected chi connectivity index (χ4v) is 2.87. The van der Waals surface area contributed by atoms with Crippen molar-refractivity contribution in [2.24, 2.45) is 11.8 Å². The molecule has 132 valence electrons. The normalized spacial score (nSPS) is 18.5. The number of pyridine rings is 1. The summed E-state index contributed by atoms with van der Waals surface area (Å²) in [6, 6.07) is 10.6. The molecule has 0 bridgehead atoms. The first-order valence-electron chi connectivity index (χ1n) is 8.59. The highest BCUT2D eigenvalue weighted by atomic mass is 16.2. The molecular formula is C19H19N5O2. The van der Waals surface area contributed by atoms with Gasteiger partial charge in [0.15, 0.2) is 5.65 Å². The van der Waals surface area contributed by atoms with Crippen molar-refractivity contribution in [1.82, 2.24) is 20.3 Å². The van der Waals surface area contributed by atoms with Crippen molar-refractivity contribution in [2.45, 2.75) is 19.9 Å². The number of H-pyrrole nitrogens is 1. The van der Waals surface area contributed by atoms with Crippen LogP contribution in [-0.2, 0) is 11.3 Å². The molecule has 0 unspecified atom stereocenters. The number of nitrogens with one attached hydrogen (secondary N) is 3. The van der Waals surface area contributed by atoms with Gasteiger partial charge in [0, 0.05) is 23.4 Å². The second-order valence-electron chi connectivity index (χ2n) is 6.63. The fourth-order valence-electron chi connectivity index (χ4n) is 2.87. The summed E-state index contributed by atoms with van der Waals surface area (Å²) in [6.07, 6.45) is 2.62. The number of carbonyl (C=O) groups is 2. The van der Waals surface area contributed by atoms with Crippen molar-refractivity contribution in [1.29, 1.82) is 0 Å². The average molecular weight is 349 g/mol. The lowest BCUT2D eigenvalue weighted by atomic mass is 10.2. The molecule has 1 aromatic carbocycles. The predicted octanol–water partition coefficient (Wildman–Crippen LogP) is 2.48. The summed E-state index contributed by atoms with van der Waals surface area (Å²) >= 11 is 0. The first-order chi connectivity index (χ1) is 12.6. The first-order valence-corrected chi connectivity index (χ1v) is 8.59. The Kier molecular flexibility index (Phi) is 4.12.